The molecule has 0 spiro atoms. The molecule has 1 amide bonds. The fourth-order valence-electron chi connectivity index (χ4n) is 1.66. The van der Waals surface area contributed by atoms with Gasteiger partial charge in [-0.1, -0.05) is 12.1 Å². The molecule has 16 heavy (non-hydrogen) atoms. The molecule has 1 aliphatic rings. The molecule has 84 valence electrons. The molecule has 1 aliphatic heterocycles. The van der Waals surface area contributed by atoms with Crippen molar-refractivity contribution in [3.8, 4) is 0 Å². The maximum absolute atomic E-state index is 11.4. The highest BCUT2D eigenvalue weighted by Gasteiger charge is 2.23. The summed E-state index contributed by atoms with van der Waals surface area (Å²) in [7, 11) is 1.33. The second kappa shape index (κ2) is 4.22. The minimum Gasteiger partial charge on any atom is -0.468 e. The molecule has 0 atom stereocenters. The summed E-state index contributed by atoms with van der Waals surface area (Å²) < 4.78 is 4.59. The van der Waals surface area contributed by atoms with E-state index < -0.39 is 0 Å². The Morgan fingerprint density at radius 1 is 1.50 bits per heavy atom. The Morgan fingerprint density at radius 3 is 3.00 bits per heavy atom. The van der Waals surface area contributed by atoms with Crippen LogP contribution in [-0.2, 0) is 14.3 Å². The molecular weight excluding hydrogens is 208 g/mol. The minimum absolute atomic E-state index is 0.0843. The number of carbonyl (C=O) groups excluding carboxylic acids is 2. The van der Waals surface area contributed by atoms with Crippen molar-refractivity contribution in [1.82, 2.24) is 0 Å². The third-order valence-electron chi connectivity index (χ3n) is 2.40. The monoisotopic (exact) mass is 220 g/mol. The third kappa shape index (κ3) is 1.98. The van der Waals surface area contributed by atoms with Crippen LogP contribution in [-0.4, -0.2) is 32.1 Å². The lowest BCUT2D eigenvalue weighted by Crippen LogP contribution is -2.41. The van der Waals surface area contributed by atoms with Crippen LogP contribution in [0.25, 0.3) is 0 Å². The van der Waals surface area contributed by atoms with Crippen molar-refractivity contribution in [3.63, 3.8) is 0 Å². The van der Waals surface area contributed by atoms with Gasteiger partial charge >= 0.3 is 5.97 Å². The van der Waals surface area contributed by atoms with E-state index >= 15 is 0 Å². The number of methoxy groups -OCH3 is 1. The highest BCUT2D eigenvalue weighted by molar-refractivity contribution is 6.02. The first kappa shape index (κ1) is 10.5. The van der Waals surface area contributed by atoms with Gasteiger partial charge in [-0.25, -0.2) is 0 Å². The van der Waals surface area contributed by atoms with Crippen LogP contribution in [0, 0.1) is 0 Å². The zero-order valence-corrected chi connectivity index (χ0v) is 8.90. The van der Waals surface area contributed by atoms with Crippen molar-refractivity contribution in [1.29, 1.82) is 0 Å². The van der Waals surface area contributed by atoms with E-state index in [4.69, 9.17) is 0 Å². The first-order valence-electron chi connectivity index (χ1n) is 4.91. The van der Waals surface area contributed by atoms with Crippen LogP contribution in [0.5, 0.6) is 0 Å². The SMILES string of the molecule is COC(=O)CN1CC(=O)Nc2ccccc21. The van der Waals surface area contributed by atoms with Crippen LogP contribution in [0.1, 0.15) is 0 Å². The smallest absolute Gasteiger partial charge is 0.325 e. The third-order valence-corrected chi connectivity index (χ3v) is 2.40. The molecule has 1 aromatic rings. The normalized spacial score (nSPS) is 14.1. The molecule has 1 heterocycles. The summed E-state index contributed by atoms with van der Waals surface area (Å²) in [5.41, 5.74) is 1.56. The Bertz CT molecular complexity index is 431. The first-order valence-corrected chi connectivity index (χ1v) is 4.91. The number of carbonyl (C=O) groups is 2. The van der Waals surface area contributed by atoms with Gasteiger partial charge < -0.3 is 15.0 Å². The number of benzene rings is 1. The first-order chi connectivity index (χ1) is 7.70. The standard InChI is InChI=1S/C11H12N2O3/c1-16-11(15)7-13-6-10(14)12-8-4-2-3-5-9(8)13/h2-5H,6-7H2,1H3,(H,12,14). The quantitative estimate of drug-likeness (QED) is 0.742. The number of rotatable bonds is 2. The Balaban J connectivity index is 2.26. The van der Waals surface area contributed by atoms with Crippen molar-refractivity contribution in [2.75, 3.05) is 30.4 Å². The number of amides is 1. The van der Waals surface area contributed by atoms with E-state index in [0.29, 0.717) is 0 Å². The average Bonchev–Trinajstić information content (AvgIpc) is 2.28. The molecule has 1 N–H and O–H groups in total. The highest BCUT2D eigenvalue weighted by Crippen LogP contribution is 2.28. The topological polar surface area (TPSA) is 58.6 Å². The fourth-order valence-corrected chi connectivity index (χ4v) is 1.66. The van der Waals surface area contributed by atoms with Crippen LogP contribution in [0.4, 0.5) is 11.4 Å². The van der Waals surface area contributed by atoms with Gasteiger partial charge in [-0.2, -0.15) is 0 Å². The number of para-hydroxylation sites is 2. The van der Waals surface area contributed by atoms with Crippen LogP contribution in [0.15, 0.2) is 24.3 Å². The molecule has 0 radical (unpaired) electrons. The van der Waals surface area contributed by atoms with Crippen LogP contribution in [0.2, 0.25) is 0 Å². The maximum Gasteiger partial charge on any atom is 0.325 e. The van der Waals surface area contributed by atoms with Crippen molar-refractivity contribution in [2.24, 2.45) is 0 Å². The van der Waals surface area contributed by atoms with E-state index in [1.165, 1.54) is 7.11 Å². The summed E-state index contributed by atoms with van der Waals surface area (Å²) in [6.45, 7) is 0.257. The lowest BCUT2D eigenvalue weighted by atomic mass is 10.2. The molecule has 0 aromatic heterocycles. The van der Waals surface area contributed by atoms with Gasteiger partial charge in [0.25, 0.3) is 0 Å². The van der Waals surface area contributed by atoms with Gasteiger partial charge in [0.2, 0.25) is 5.91 Å². The molecule has 0 fully saturated rings. The lowest BCUT2D eigenvalue weighted by Gasteiger charge is -2.29. The number of nitrogens with one attached hydrogen (secondary N) is 1. The highest BCUT2D eigenvalue weighted by atomic mass is 16.5. The number of fused-ring (bicyclic) bond motifs is 1. The van der Waals surface area contributed by atoms with Crippen molar-refractivity contribution in [2.45, 2.75) is 0 Å². The lowest BCUT2D eigenvalue weighted by molar-refractivity contribution is -0.138. The molecule has 2 rings (SSSR count). The van der Waals surface area contributed by atoms with Crippen molar-refractivity contribution in [3.05, 3.63) is 24.3 Å². The van der Waals surface area contributed by atoms with Gasteiger partial charge in [0.15, 0.2) is 0 Å². The molecular formula is C11H12N2O3. The van der Waals surface area contributed by atoms with E-state index in [-0.39, 0.29) is 25.0 Å². The van der Waals surface area contributed by atoms with Gasteiger partial charge in [0.05, 0.1) is 25.0 Å². The van der Waals surface area contributed by atoms with Crippen molar-refractivity contribution >= 4 is 23.3 Å². The van der Waals surface area contributed by atoms with Crippen LogP contribution >= 0.6 is 0 Å². The summed E-state index contributed by atoms with van der Waals surface area (Å²) in [5, 5.41) is 2.75. The largest absolute Gasteiger partial charge is 0.468 e. The number of hydrogen-bond donors (Lipinski definition) is 1. The zero-order valence-electron chi connectivity index (χ0n) is 8.90. The Kier molecular flexibility index (Phi) is 2.76. The fraction of sp³-hybridized carbons (Fsp3) is 0.273. The van der Waals surface area contributed by atoms with Crippen LogP contribution in [0.3, 0.4) is 0 Å². The molecule has 1 aromatic carbocycles. The summed E-state index contributed by atoms with van der Waals surface area (Å²) in [5.74, 6) is -0.480. The molecule has 0 saturated carbocycles. The minimum atomic E-state index is -0.357. The Morgan fingerprint density at radius 2 is 2.25 bits per heavy atom. The Hall–Kier alpha value is -2.04. The molecule has 0 saturated heterocycles. The Labute approximate surface area is 93.0 Å². The molecule has 0 aliphatic carbocycles. The molecule has 0 bridgehead atoms. The number of anilines is 2. The van der Waals surface area contributed by atoms with E-state index in [0.717, 1.165) is 11.4 Å². The van der Waals surface area contributed by atoms with E-state index in [1.807, 2.05) is 18.2 Å². The molecule has 5 nitrogen and oxygen atoms in total. The predicted molar refractivity (Wildman–Crippen MR) is 59.3 cm³/mol. The number of nitrogens with zero attached hydrogens (tertiary/aromatic N) is 1. The van der Waals surface area contributed by atoms with Gasteiger partial charge in [0.1, 0.15) is 6.54 Å². The predicted octanol–water partition coefficient (Wildman–Crippen LogP) is 0.618. The summed E-state index contributed by atoms with van der Waals surface area (Å²) >= 11 is 0. The number of esters is 1. The zero-order chi connectivity index (χ0) is 11.5. The summed E-state index contributed by atoms with van der Waals surface area (Å²) in [4.78, 5) is 24.3. The van der Waals surface area contributed by atoms with E-state index in [1.54, 1.807) is 11.0 Å². The molecule has 5 heteroatoms. The maximum atomic E-state index is 11.4. The summed E-state index contributed by atoms with van der Waals surface area (Å²) in [6, 6.07) is 7.36. The van der Waals surface area contributed by atoms with Gasteiger partial charge in [-0.15, -0.1) is 0 Å². The van der Waals surface area contributed by atoms with E-state index in [2.05, 4.69) is 10.1 Å². The van der Waals surface area contributed by atoms with Gasteiger partial charge in [-0.05, 0) is 12.1 Å². The van der Waals surface area contributed by atoms with Crippen molar-refractivity contribution < 1.29 is 14.3 Å². The van der Waals surface area contributed by atoms with Crippen LogP contribution < -0.4 is 10.2 Å². The summed E-state index contributed by atoms with van der Waals surface area (Å²) in [6.07, 6.45) is 0. The molecule has 0 unspecified atom stereocenters. The second-order valence-electron chi connectivity index (χ2n) is 3.50. The second-order valence-corrected chi connectivity index (χ2v) is 3.50. The van der Waals surface area contributed by atoms with E-state index in [9.17, 15) is 9.59 Å². The number of ether oxygens (including phenoxy) is 1. The van der Waals surface area contributed by atoms with Gasteiger partial charge in [-0.3, -0.25) is 9.59 Å². The average molecular weight is 220 g/mol. The number of hydrogen-bond acceptors (Lipinski definition) is 4. The van der Waals surface area contributed by atoms with Gasteiger partial charge in [0, 0.05) is 0 Å².